The molecule has 0 aromatic rings. The van der Waals surface area contributed by atoms with Gasteiger partial charge < -0.3 is 40.3 Å². The summed E-state index contributed by atoms with van der Waals surface area (Å²) in [5.74, 6) is -0.180. The van der Waals surface area contributed by atoms with E-state index >= 15 is 0 Å². The van der Waals surface area contributed by atoms with E-state index in [0.29, 0.717) is 6.42 Å². The van der Waals surface area contributed by atoms with Gasteiger partial charge in [0, 0.05) is 6.42 Å². The Morgan fingerprint density at radius 2 is 0.795 bits per heavy atom. The molecule has 0 saturated carbocycles. The molecule has 1 aliphatic rings. The molecule has 448 valence electrons. The van der Waals surface area contributed by atoms with E-state index in [-0.39, 0.29) is 12.5 Å². The van der Waals surface area contributed by atoms with Crippen LogP contribution in [0, 0.1) is 0 Å². The van der Waals surface area contributed by atoms with Crippen LogP contribution in [-0.2, 0) is 14.3 Å². The molecule has 7 unspecified atom stereocenters. The van der Waals surface area contributed by atoms with Crippen LogP contribution in [0.4, 0.5) is 0 Å². The molecule has 78 heavy (non-hydrogen) atoms. The minimum absolute atomic E-state index is 0.180. The van der Waals surface area contributed by atoms with Crippen LogP contribution in [0.2, 0.25) is 0 Å². The van der Waals surface area contributed by atoms with Gasteiger partial charge in [0.05, 0.1) is 25.4 Å². The first kappa shape index (κ1) is 72.9. The van der Waals surface area contributed by atoms with Crippen molar-refractivity contribution in [2.45, 2.75) is 307 Å². The topological polar surface area (TPSA) is 149 Å². The Balaban J connectivity index is 2.12. The molecule has 0 aromatic heterocycles. The van der Waals surface area contributed by atoms with E-state index in [1.165, 1.54) is 154 Å². The predicted octanol–water partition coefficient (Wildman–Crippen LogP) is 16.9. The number of aliphatic hydroxyl groups excluding tert-OH is 5. The lowest BCUT2D eigenvalue weighted by molar-refractivity contribution is -0.302. The highest BCUT2D eigenvalue weighted by Gasteiger charge is 2.44. The molecule has 9 heteroatoms. The summed E-state index contributed by atoms with van der Waals surface area (Å²) in [6, 6.07) is -0.811. The first-order valence-electron chi connectivity index (χ1n) is 32.1. The fourth-order valence-electron chi connectivity index (χ4n) is 9.59. The zero-order chi connectivity index (χ0) is 56.5. The molecular formula is C69H119NO8. The number of carbonyl (C=O) groups is 1. The second kappa shape index (κ2) is 57.1. The van der Waals surface area contributed by atoms with E-state index in [1.807, 2.05) is 6.08 Å². The van der Waals surface area contributed by atoms with Crippen molar-refractivity contribution in [1.82, 2.24) is 5.32 Å². The van der Waals surface area contributed by atoms with Gasteiger partial charge in [0.2, 0.25) is 5.91 Å². The lowest BCUT2D eigenvalue weighted by Gasteiger charge is -2.40. The van der Waals surface area contributed by atoms with Crippen LogP contribution in [0.3, 0.4) is 0 Å². The van der Waals surface area contributed by atoms with Crippen molar-refractivity contribution < 1.29 is 39.8 Å². The fraction of sp³-hybridized carbons (Fsp3) is 0.725. The molecular weight excluding hydrogens is 971 g/mol. The van der Waals surface area contributed by atoms with Gasteiger partial charge in [-0.25, -0.2) is 0 Å². The number of hydrogen-bond acceptors (Lipinski definition) is 8. The van der Waals surface area contributed by atoms with Gasteiger partial charge in [-0.3, -0.25) is 4.79 Å². The number of carbonyl (C=O) groups excluding carboxylic acids is 1. The van der Waals surface area contributed by atoms with Gasteiger partial charge >= 0.3 is 0 Å². The van der Waals surface area contributed by atoms with Crippen molar-refractivity contribution in [2.24, 2.45) is 0 Å². The van der Waals surface area contributed by atoms with Crippen LogP contribution in [0.1, 0.15) is 264 Å². The Morgan fingerprint density at radius 3 is 1.18 bits per heavy atom. The molecule has 0 aliphatic carbocycles. The van der Waals surface area contributed by atoms with Crippen LogP contribution < -0.4 is 5.32 Å². The summed E-state index contributed by atoms with van der Waals surface area (Å²) in [6.45, 7) is 3.67. The molecule has 0 bridgehead atoms. The molecule has 0 radical (unpaired) electrons. The fourth-order valence-corrected chi connectivity index (χ4v) is 9.59. The van der Waals surface area contributed by atoms with Gasteiger partial charge in [-0.1, -0.05) is 284 Å². The van der Waals surface area contributed by atoms with E-state index in [1.54, 1.807) is 6.08 Å². The van der Waals surface area contributed by atoms with Crippen molar-refractivity contribution >= 4 is 5.91 Å². The van der Waals surface area contributed by atoms with Crippen LogP contribution >= 0.6 is 0 Å². The summed E-state index contributed by atoms with van der Waals surface area (Å²) < 4.78 is 11.3. The maximum absolute atomic E-state index is 13.1. The largest absolute Gasteiger partial charge is 0.394 e. The Kier molecular flexibility index (Phi) is 53.3. The van der Waals surface area contributed by atoms with E-state index in [9.17, 15) is 30.3 Å². The summed E-state index contributed by atoms with van der Waals surface area (Å²) in [7, 11) is 0. The number of unbranched alkanes of at least 4 members (excludes halogenated alkanes) is 28. The van der Waals surface area contributed by atoms with Gasteiger partial charge in [0.25, 0.3) is 0 Å². The zero-order valence-corrected chi connectivity index (χ0v) is 49.9. The van der Waals surface area contributed by atoms with Gasteiger partial charge in [-0.2, -0.15) is 0 Å². The molecule has 0 spiro atoms. The van der Waals surface area contributed by atoms with Gasteiger partial charge in [0.15, 0.2) is 6.29 Å². The first-order chi connectivity index (χ1) is 38.3. The van der Waals surface area contributed by atoms with E-state index in [2.05, 4.69) is 116 Å². The maximum Gasteiger partial charge on any atom is 0.220 e. The third kappa shape index (κ3) is 45.6. The van der Waals surface area contributed by atoms with E-state index in [0.717, 1.165) is 89.9 Å². The molecule has 6 N–H and O–H groups in total. The molecule has 1 amide bonds. The van der Waals surface area contributed by atoms with Gasteiger partial charge in [-0.05, 0) is 83.5 Å². The van der Waals surface area contributed by atoms with Crippen molar-refractivity contribution in [3.63, 3.8) is 0 Å². The van der Waals surface area contributed by atoms with Gasteiger partial charge in [0.1, 0.15) is 24.4 Å². The molecule has 1 rings (SSSR count). The third-order valence-electron chi connectivity index (χ3n) is 14.6. The molecule has 1 aliphatic heterocycles. The number of aliphatic hydroxyl groups is 5. The lowest BCUT2D eigenvalue weighted by Crippen LogP contribution is -2.60. The molecule has 1 fully saturated rings. The van der Waals surface area contributed by atoms with Gasteiger partial charge in [-0.15, -0.1) is 0 Å². The number of nitrogens with one attached hydrogen (secondary N) is 1. The van der Waals surface area contributed by atoms with E-state index in [4.69, 9.17) is 9.47 Å². The molecule has 1 saturated heterocycles. The number of allylic oxidation sites excluding steroid dienone is 17. The molecule has 1 heterocycles. The van der Waals surface area contributed by atoms with Crippen molar-refractivity contribution in [1.29, 1.82) is 0 Å². The third-order valence-corrected chi connectivity index (χ3v) is 14.6. The minimum atomic E-state index is -1.57. The summed E-state index contributed by atoms with van der Waals surface area (Å²) in [6.07, 6.45) is 77.4. The van der Waals surface area contributed by atoms with Crippen molar-refractivity contribution in [2.75, 3.05) is 13.2 Å². The minimum Gasteiger partial charge on any atom is -0.394 e. The van der Waals surface area contributed by atoms with Crippen molar-refractivity contribution in [3.05, 3.63) is 109 Å². The Morgan fingerprint density at radius 1 is 0.449 bits per heavy atom. The van der Waals surface area contributed by atoms with Crippen LogP contribution in [0.5, 0.6) is 0 Å². The normalized spacial score (nSPS) is 19.4. The summed E-state index contributed by atoms with van der Waals surface area (Å²) >= 11 is 0. The number of amides is 1. The van der Waals surface area contributed by atoms with Crippen molar-refractivity contribution in [3.8, 4) is 0 Å². The average molecular weight is 1090 g/mol. The standard InChI is InChI=1S/C69H119NO8/c1-3-5-7-9-11-13-15-17-19-21-22-23-24-25-26-27-28-29-30-31-32-33-34-35-36-37-38-39-40-41-42-43-45-47-49-51-53-55-57-59-65(73)70-62(61-77-69-68(76)67(75)66(74)64(60-71)78-69)63(72)58-56-54-52-50-48-46-44-20-18-16-14-12-10-8-6-4-2/h5,7,11,13,17,19,22-23,25-26,28-29,31-32,34-35,56,58,62-64,66-69,71-72,74-76H,3-4,6,8-10,12,14-16,18,20-21,24,27,30,33,36-55,57,59-61H2,1-2H3,(H,70,73)/b7-5-,13-11-,19-17-,23-22-,26-25-,29-28-,32-31-,35-34-,58-56+. The smallest absolute Gasteiger partial charge is 0.220 e. The SMILES string of the molecule is CC/C=C\C/C=C\C/C=C\C/C=C\C/C=C\C/C=C\C/C=C\C/C=C\CCCCCCCCCCCCCCCCC(=O)NC(COC1OC(CO)C(O)C(O)C1O)C(O)/C=C/CCCCCCCCCCCCCCCC. The monoisotopic (exact) mass is 1090 g/mol. The Bertz CT molecular complexity index is 1590. The highest BCUT2D eigenvalue weighted by Crippen LogP contribution is 2.23. The zero-order valence-electron chi connectivity index (χ0n) is 49.9. The quantitative estimate of drug-likeness (QED) is 0.0261. The number of ether oxygens (including phenoxy) is 2. The number of hydrogen-bond donors (Lipinski definition) is 6. The Labute approximate surface area is 478 Å². The van der Waals surface area contributed by atoms with Crippen LogP contribution in [0.15, 0.2) is 109 Å². The van der Waals surface area contributed by atoms with Crippen LogP contribution in [-0.4, -0.2) is 87.5 Å². The molecule has 0 aromatic carbocycles. The second-order valence-electron chi connectivity index (χ2n) is 21.8. The summed E-state index contributed by atoms with van der Waals surface area (Å²) in [4.78, 5) is 13.1. The van der Waals surface area contributed by atoms with E-state index < -0.39 is 49.5 Å². The van der Waals surface area contributed by atoms with Crippen LogP contribution in [0.25, 0.3) is 0 Å². The highest BCUT2D eigenvalue weighted by atomic mass is 16.7. The molecule has 9 nitrogen and oxygen atoms in total. The average Bonchev–Trinajstić information content (AvgIpc) is 3.45. The summed E-state index contributed by atoms with van der Waals surface area (Å²) in [5, 5.41) is 54.6. The maximum atomic E-state index is 13.1. The Hall–Kier alpha value is -3.15. The molecule has 7 atom stereocenters. The highest BCUT2D eigenvalue weighted by molar-refractivity contribution is 5.76. The lowest BCUT2D eigenvalue weighted by atomic mass is 9.99. The second-order valence-corrected chi connectivity index (χ2v) is 21.8. The number of rotatable bonds is 54. The predicted molar refractivity (Wildman–Crippen MR) is 331 cm³/mol. The summed E-state index contributed by atoms with van der Waals surface area (Å²) in [5.41, 5.74) is 0. The first-order valence-corrected chi connectivity index (χ1v) is 32.1.